The van der Waals surface area contributed by atoms with Crippen molar-refractivity contribution in [1.29, 1.82) is 0 Å². The van der Waals surface area contributed by atoms with Gasteiger partial charge in [-0.25, -0.2) is 4.79 Å². The Kier molecular flexibility index (Phi) is 7.58. The minimum atomic E-state index is -0.625. The van der Waals surface area contributed by atoms with E-state index >= 15 is 0 Å². The van der Waals surface area contributed by atoms with Gasteiger partial charge in [0.2, 0.25) is 5.91 Å². The zero-order chi connectivity index (χ0) is 21.8. The largest absolute Gasteiger partial charge is 0.494 e. The molecule has 0 spiro atoms. The van der Waals surface area contributed by atoms with Crippen molar-refractivity contribution in [1.82, 2.24) is 0 Å². The predicted octanol–water partition coefficient (Wildman–Crippen LogP) is 5.23. The highest BCUT2D eigenvalue weighted by atomic mass is 35.5. The lowest BCUT2D eigenvalue weighted by atomic mass is 9.85. The van der Waals surface area contributed by atoms with Crippen LogP contribution in [-0.2, 0) is 14.3 Å². The van der Waals surface area contributed by atoms with E-state index in [2.05, 4.69) is 5.32 Å². The van der Waals surface area contributed by atoms with Gasteiger partial charge in [0, 0.05) is 22.6 Å². The number of esters is 1. The van der Waals surface area contributed by atoms with E-state index in [0.29, 0.717) is 52.8 Å². The summed E-state index contributed by atoms with van der Waals surface area (Å²) in [6, 6.07) is 1.61. The second-order valence-electron chi connectivity index (χ2n) is 7.93. The number of anilines is 1. The number of carbonyl (C=O) groups excluding carboxylic acids is 2. The molecule has 1 aliphatic rings. The van der Waals surface area contributed by atoms with Crippen LogP contribution in [0.4, 0.5) is 5.69 Å². The monoisotopic (exact) mass is 423 g/mol. The number of amides is 1. The van der Waals surface area contributed by atoms with Crippen LogP contribution >= 0.6 is 11.6 Å². The quantitative estimate of drug-likeness (QED) is 0.634. The van der Waals surface area contributed by atoms with Crippen molar-refractivity contribution in [3.05, 3.63) is 22.2 Å². The van der Waals surface area contributed by atoms with Gasteiger partial charge in [0.1, 0.15) is 11.5 Å². The standard InChI is InChI=1S/C22H30ClNO5/c1-7-29-20(25)14-11-9-8-10-13(14)17-18(24-21(26)22(2,3)4)16(27-5)12-15(23)19(17)28-6/h12H,7-11H2,1-6H3,(H,24,26). The molecule has 7 heteroatoms. The number of ether oxygens (including phenoxy) is 3. The topological polar surface area (TPSA) is 73.9 Å². The van der Waals surface area contributed by atoms with Crippen LogP contribution in [0.25, 0.3) is 5.57 Å². The van der Waals surface area contributed by atoms with E-state index in [-0.39, 0.29) is 11.9 Å². The molecule has 1 amide bonds. The summed E-state index contributed by atoms with van der Waals surface area (Å²) in [6.07, 6.45) is 3.04. The van der Waals surface area contributed by atoms with Crippen LogP contribution in [0.1, 0.15) is 58.9 Å². The highest BCUT2D eigenvalue weighted by molar-refractivity contribution is 6.33. The maximum Gasteiger partial charge on any atom is 0.334 e. The minimum Gasteiger partial charge on any atom is -0.494 e. The highest BCUT2D eigenvalue weighted by Gasteiger charge is 2.31. The van der Waals surface area contributed by atoms with Crippen LogP contribution < -0.4 is 14.8 Å². The molecular formula is C22H30ClNO5. The van der Waals surface area contributed by atoms with Gasteiger partial charge in [-0.3, -0.25) is 4.79 Å². The lowest BCUT2D eigenvalue weighted by molar-refractivity contribution is -0.138. The number of methoxy groups -OCH3 is 2. The molecule has 0 fully saturated rings. The Morgan fingerprint density at radius 1 is 1.14 bits per heavy atom. The van der Waals surface area contributed by atoms with Gasteiger partial charge < -0.3 is 19.5 Å². The molecule has 0 atom stereocenters. The fourth-order valence-electron chi connectivity index (χ4n) is 3.31. The van der Waals surface area contributed by atoms with Crippen molar-refractivity contribution in [3.8, 4) is 11.5 Å². The summed E-state index contributed by atoms with van der Waals surface area (Å²) in [5.41, 5.74) is 1.77. The first kappa shape index (κ1) is 23.1. The highest BCUT2D eigenvalue weighted by Crippen LogP contribution is 2.48. The molecule has 1 aromatic carbocycles. The second kappa shape index (κ2) is 9.53. The third-order valence-corrected chi connectivity index (χ3v) is 5.11. The molecule has 0 saturated heterocycles. The summed E-state index contributed by atoms with van der Waals surface area (Å²) >= 11 is 6.46. The first-order valence-corrected chi connectivity index (χ1v) is 10.2. The summed E-state index contributed by atoms with van der Waals surface area (Å²) in [4.78, 5) is 25.4. The minimum absolute atomic E-state index is 0.185. The van der Waals surface area contributed by atoms with Crippen molar-refractivity contribution in [2.75, 3.05) is 26.1 Å². The number of halogens is 1. The molecule has 2 rings (SSSR count). The molecule has 29 heavy (non-hydrogen) atoms. The molecular weight excluding hydrogens is 394 g/mol. The molecule has 0 bridgehead atoms. The van der Waals surface area contributed by atoms with Gasteiger partial charge in [-0.1, -0.05) is 32.4 Å². The summed E-state index contributed by atoms with van der Waals surface area (Å²) in [6.45, 7) is 7.54. The molecule has 1 aliphatic carbocycles. The zero-order valence-corrected chi connectivity index (χ0v) is 18.8. The molecule has 6 nitrogen and oxygen atoms in total. The predicted molar refractivity (Wildman–Crippen MR) is 115 cm³/mol. The third-order valence-electron chi connectivity index (χ3n) is 4.83. The van der Waals surface area contributed by atoms with Gasteiger partial charge in [0.25, 0.3) is 0 Å². The molecule has 0 aliphatic heterocycles. The molecule has 0 saturated carbocycles. The van der Waals surface area contributed by atoms with Gasteiger partial charge in [0.05, 0.1) is 31.5 Å². The number of benzene rings is 1. The van der Waals surface area contributed by atoms with Crippen molar-refractivity contribution < 1.29 is 23.8 Å². The Balaban J connectivity index is 2.80. The summed E-state index contributed by atoms with van der Waals surface area (Å²) < 4.78 is 16.4. The molecule has 0 aromatic heterocycles. The maximum absolute atomic E-state index is 12.8. The molecule has 160 valence electrons. The molecule has 1 aromatic rings. The first-order chi connectivity index (χ1) is 13.6. The smallest absolute Gasteiger partial charge is 0.334 e. The van der Waals surface area contributed by atoms with Crippen LogP contribution in [0.5, 0.6) is 11.5 Å². The Hall–Kier alpha value is -2.21. The Labute approximate surface area is 177 Å². The number of hydrogen-bond donors (Lipinski definition) is 1. The Bertz CT molecular complexity index is 823. The van der Waals surface area contributed by atoms with Gasteiger partial charge in [-0.15, -0.1) is 0 Å². The molecule has 0 radical (unpaired) electrons. The number of rotatable bonds is 6. The van der Waals surface area contributed by atoms with Crippen LogP contribution in [0.3, 0.4) is 0 Å². The van der Waals surface area contributed by atoms with Crippen molar-refractivity contribution >= 4 is 34.7 Å². The molecule has 1 N–H and O–H groups in total. The number of nitrogens with one attached hydrogen (secondary N) is 1. The second-order valence-corrected chi connectivity index (χ2v) is 8.34. The van der Waals surface area contributed by atoms with E-state index in [0.717, 1.165) is 18.4 Å². The molecule has 0 heterocycles. The van der Waals surface area contributed by atoms with Crippen LogP contribution in [0.2, 0.25) is 5.02 Å². The van der Waals surface area contributed by atoms with Crippen LogP contribution in [-0.4, -0.2) is 32.7 Å². The van der Waals surface area contributed by atoms with Gasteiger partial charge in [-0.2, -0.15) is 0 Å². The van der Waals surface area contributed by atoms with E-state index in [9.17, 15) is 9.59 Å². The van der Waals surface area contributed by atoms with Crippen molar-refractivity contribution in [2.45, 2.75) is 53.4 Å². The first-order valence-electron chi connectivity index (χ1n) is 9.81. The van der Waals surface area contributed by atoms with Crippen molar-refractivity contribution in [2.24, 2.45) is 5.41 Å². The number of allylic oxidation sites excluding steroid dienone is 1. The van der Waals surface area contributed by atoms with Gasteiger partial charge >= 0.3 is 5.97 Å². The lowest BCUT2D eigenvalue weighted by Crippen LogP contribution is -2.28. The summed E-state index contributed by atoms with van der Waals surface area (Å²) in [5, 5.41) is 3.31. The Morgan fingerprint density at radius 3 is 2.34 bits per heavy atom. The zero-order valence-electron chi connectivity index (χ0n) is 18.0. The number of carbonyl (C=O) groups is 2. The van der Waals surface area contributed by atoms with Crippen LogP contribution in [0.15, 0.2) is 11.6 Å². The van der Waals surface area contributed by atoms with E-state index < -0.39 is 5.41 Å². The summed E-state index contributed by atoms with van der Waals surface area (Å²) in [7, 11) is 3.02. The molecule has 0 unspecified atom stereocenters. The van der Waals surface area contributed by atoms with E-state index in [1.807, 2.05) is 20.8 Å². The third kappa shape index (κ3) is 5.04. The van der Waals surface area contributed by atoms with E-state index in [1.165, 1.54) is 14.2 Å². The lowest BCUT2D eigenvalue weighted by Gasteiger charge is -2.27. The van der Waals surface area contributed by atoms with Gasteiger partial charge in [0.15, 0.2) is 0 Å². The fourth-order valence-corrected chi connectivity index (χ4v) is 3.58. The average Bonchev–Trinajstić information content (AvgIpc) is 2.67. The van der Waals surface area contributed by atoms with Crippen LogP contribution in [0, 0.1) is 5.41 Å². The van der Waals surface area contributed by atoms with Gasteiger partial charge in [-0.05, 0) is 38.2 Å². The normalized spacial score (nSPS) is 14.4. The summed E-state index contributed by atoms with van der Waals surface area (Å²) in [5.74, 6) is 0.270. The Morgan fingerprint density at radius 2 is 1.79 bits per heavy atom. The number of hydrogen-bond acceptors (Lipinski definition) is 5. The fraction of sp³-hybridized carbons (Fsp3) is 0.545. The van der Waals surface area contributed by atoms with E-state index in [1.54, 1.807) is 13.0 Å². The van der Waals surface area contributed by atoms with Crippen molar-refractivity contribution in [3.63, 3.8) is 0 Å². The maximum atomic E-state index is 12.8. The SMILES string of the molecule is CCOC(=O)C1=C(c2c(NC(=O)C(C)(C)C)c(OC)cc(Cl)c2OC)CCCC1. The average molecular weight is 424 g/mol. The van der Waals surface area contributed by atoms with E-state index in [4.69, 9.17) is 25.8 Å².